The third kappa shape index (κ3) is 5.14. The van der Waals surface area contributed by atoms with E-state index in [4.69, 9.17) is 4.74 Å². The summed E-state index contributed by atoms with van der Waals surface area (Å²) in [7, 11) is 1.53. The van der Waals surface area contributed by atoms with Crippen molar-refractivity contribution in [2.24, 2.45) is 0 Å². The van der Waals surface area contributed by atoms with Gasteiger partial charge in [-0.15, -0.1) is 0 Å². The molecule has 0 radical (unpaired) electrons. The number of nitrogens with one attached hydrogen (secondary N) is 2. The number of hydrogen-bond donors (Lipinski definition) is 2. The van der Waals surface area contributed by atoms with E-state index in [1.165, 1.54) is 14.0 Å². The van der Waals surface area contributed by atoms with Gasteiger partial charge in [0.15, 0.2) is 0 Å². The molecule has 0 aliphatic heterocycles. The highest BCUT2D eigenvalue weighted by molar-refractivity contribution is 5.95. The van der Waals surface area contributed by atoms with Crippen molar-refractivity contribution in [1.82, 2.24) is 0 Å². The van der Waals surface area contributed by atoms with Crippen LogP contribution in [0.3, 0.4) is 0 Å². The molecule has 2 N–H and O–H groups in total. The maximum Gasteiger partial charge on any atom is 0.224 e. The first kappa shape index (κ1) is 16.5. The van der Waals surface area contributed by atoms with E-state index in [1.807, 2.05) is 30.3 Å². The SMILES string of the molecule is COc1ccc(NC(C)=O)cc1NC(=O)CCc1ccccc1. The number of methoxy groups -OCH3 is 1. The number of rotatable bonds is 6. The van der Waals surface area contributed by atoms with Crippen molar-refractivity contribution in [3.63, 3.8) is 0 Å². The number of aryl methyl sites for hydroxylation is 1. The van der Waals surface area contributed by atoms with E-state index in [-0.39, 0.29) is 11.8 Å². The Morgan fingerprint density at radius 2 is 1.78 bits per heavy atom. The van der Waals surface area contributed by atoms with Crippen LogP contribution in [0.25, 0.3) is 0 Å². The maximum absolute atomic E-state index is 12.1. The average molecular weight is 312 g/mol. The Hall–Kier alpha value is -2.82. The molecule has 0 unspecified atom stereocenters. The van der Waals surface area contributed by atoms with Crippen LogP contribution >= 0.6 is 0 Å². The second-order valence-electron chi connectivity index (χ2n) is 5.13. The van der Waals surface area contributed by atoms with Crippen molar-refractivity contribution >= 4 is 23.2 Å². The highest BCUT2D eigenvalue weighted by Crippen LogP contribution is 2.28. The molecule has 2 aromatic rings. The number of carbonyl (C=O) groups is 2. The highest BCUT2D eigenvalue weighted by atomic mass is 16.5. The molecule has 0 bridgehead atoms. The van der Waals surface area contributed by atoms with Gasteiger partial charge < -0.3 is 15.4 Å². The van der Waals surface area contributed by atoms with Gasteiger partial charge in [0.05, 0.1) is 12.8 Å². The van der Waals surface area contributed by atoms with Crippen molar-refractivity contribution in [2.75, 3.05) is 17.7 Å². The molecule has 120 valence electrons. The second kappa shape index (κ2) is 7.98. The first-order chi connectivity index (χ1) is 11.1. The monoisotopic (exact) mass is 312 g/mol. The summed E-state index contributed by atoms with van der Waals surface area (Å²) >= 11 is 0. The predicted molar refractivity (Wildman–Crippen MR) is 90.7 cm³/mol. The van der Waals surface area contributed by atoms with Crippen molar-refractivity contribution in [2.45, 2.75) is 19.8 Å². The Labute approximate surface area is 135 Å². The molecule has 5 nitrogen and oxygen atoms in total. The molecule has 0 aliphatic rings. The van der Waals surface area contributed by atoms with Gasteiger partial charge >= 0.3 is 0 Å². The van der Waals surface area contributed by atoms with E-state index in [2.05, 4.69) is 10.6 Å². The molecular formula is C18H20N2O3. The Bertz CT molecular complexity index is 684. The van der Waals surface area contributed by atoms with E-state index in [9.17, 15) is 9.59 Å². The van der Waals surface area contributed by atoms with Crippen LogP contribution in [0, 0.1) is 0 Å². The van der Waals surface area contributed by atoms with Crippen molar-refractivity contribution in [3.05, 3.63) is 54.1 Å². The molecule has 0 atom stereocenters. The van der Waals surface area contributed by atoms with Gasteiger partial charge in [0.1, 0.15) is 5.75 Å². The van der Waals surface area contributed by atoms with Crippen LogP contribution in [0.2, 0.25) is 0 Å². The molecule has 2 aromatic carbocycles. The van der Waals surface area contributed by atoms with Gasteiger partial charge in [-0.25, -0.2) is 0 Å². The Morgan fingerprint density at radius 3 is 2.43 bits per heavy atom. The standard InChI is InChI=1S/C18H20N2O3/c1-13(21)19-15-9-10-17(23-2)16(12-15)20-18(22)11-8-14-6-4-3-5-7-14/h3-7,9-10,12H,8,11H2,1-2H3,(H,19,21)(H,20,22). The lowest BCUT2D eigenvalue weighted by Gasteiger charge is -2.12. The molecule has 23 heavy (non-hydrogen) atoms. The van der Waals surface area contributed by atoms with E-state index in [0.29, 0.717) is 30.0 Å². The molecule has 0 aliphatic carbocycles. The fourth-order valence-corrected chi connectivity index (χ4v) is 2.20. The normalized spacial score (nSPS) is 10.0. The van der Waals surface area contributed by atoms with Crippen molar-refractivity contribution in [3.8, 4) is 5.75 Å². The maximum atomic E-state index is 12.1. The van der Waals surface area contributed by atoms with Gasteiger partial charge in [-0.05, 0) is 30.2 Å². The van der Waals surface area contributed by atoms with Crippen LogP contribution in [-0.4, -0.2) is 18.9 Å². The molecule has 0 saturated carbocycles. The second-order valence-corrected chi connectivity index (χ2v) is 5.13. The summed E-state index contributed by atoms with van der Waals surface area (Å²) in [6.45, 7) is 1.43. The van der Waals surface area contributed by atoms with Crippen LogP contribution in [0.5, 0.6) is 5.75 Å². The lowest BCUT2D eigenvalue weighted by molar-refractivity contribution is -0.116. The topological polar surface area (TPSA) is 67.4 Å². The summed E-state index contributed by atoms with van der Waals surface area (Å²) in [6, 6.07) is 14.9. The third-order valence-corrected chi connectivity index (χ3v) is 3.28. The van der Waals surface area contributed by atoms with Gasteiger partial charge in [-0.2, -0.15) is 0 Å². The van der Waals surface area contributed by atoms with Crippen LogP contribution < -0.4 is 15.4 Å². The largest absolute Gasteiger partial charge is 0.495 e. The summed E-state index contributed by atoms with van der Waals surface area (Å²) in [4.78, 5) is 23.3. The average Bonchev–Trinajstić information content (AvgIpc) is 2.54. The van der Waals surface area contributed by atoms with Gasteiger partial charge in [0, 0.05) is 19.0 Å². The van der Waals surface area contributed by atoms with Gasteiger partial charge in [0.25, 0.3) is 0 Å². The minimum atomic E-state index is -0.170. The number of amides is 2. The lowest BCUT2D eigenvalue weighted by Crippen LogP contribution is -2.14. The molecular weight excluding hydrogens is 292 g/mol. The zero-order valence-electron chi connectivity index (χ0n) is 13.3. The fraction of sp³-hybridized carbons (Fsp3) is 0.222. The fourth-order valence-electron chi connectivity index (χ4n) is 2.20. The number of ether oxygens (including phenoxy) is 1. The first-order valence-electron chi connectivity index (χ1n) is 7.38. The molecule has 2 rings (SSSR count). The van der Waals surface area contributed by atoms with E-state index >= 15 is 0 Å². The first-order valence-corrected chi connectivity index (χ1v) is 7.38. The molecule has 0 saturated heterocycles. The van der Waals surface area contributed by atoms with Crippen molar-refractivity contribution < 1.29 is 14.3 Å². The molecule has 2 amide bonds. The number of carbonyl (C=O) groups excluding carboxylic acids is 2. The highest BCUT2D eigenvalue weighted by Gasteiger charge is 2.09. The van der Waals surface area contributed by atoms with Crippen LogP contribution in [0.1, 0.15) is 18.9 Å². The Morgan fingerprint density at radius 1 is 1.04 bits per heavy atom. The minimum Gasteiger partial charge on any atom is -0.495 e. The smallest absolute Gasteiger partial charge is 0.224 e. The molecule has 0 heterocycles. The zero-order valence-corrected chi connectivity index (χ0v) is 13.3. The summed E-state index contributed by atoms with van der Waals surface area (Å²) in [5, 5.41) is 5.51. The number of benzene rings is 2. The van der Waals surface area contributed by atoms with E-state index in [1.54, 1.807) is 18.2 Å². The van der Waals surface area contributed by atoms with Crippen LogP contribution in [0.15, 0.2) is 48.5 Å². The van der Waals surface area contributed by atoms with Gasteiger partial charge in [-0.3, -0.25) is 9.59 Å². The zero-order chi connectivity index (χ0) is 16.7. The molecule has 0 fully saturated rings. The minimum absolute atomic E-state index is 0.105. The van der Waals surface area contributed by atoms with Crippen LogP contribution in [-0.2, 0) is 16.0 Å². The van der Waals surface area contributed by atoms with Crippen molar-refractivity contribution in [1.29, 1.82) is 0 Å². The summed E-state index contributed by atoms with van der Waals surface area (Å²) < 4.78 is 5.24. The summed E-state index contributed by atoms with van der Waals surface area (Å²) in [5.74, 6) is 0.274. The predicted octanol–water partition coefficient (Wildman–Crippen LogP) is 3.22. The number of hydrogen-bond acceptors (Lipinski definition) is 3. The number of anilines is 2. The van der Waals surface area contributed by atoms with Gasteiger partial charge in [-0.1, -0.05) is 30.3 Å². The van der Waals surface area contributed by atoms with Crippen LogP contribution in [0.4, 0.5) is 11.4 Å². The third-order valence-electron chi connectivity index (χ3n) is 3.28. The quantitative estimate of drug-likeness (QED) is 0.860. The Balaban J connectivity index is 2.02. The van der Waals surface area contributed by atoms with E-state index in [0.717, 1.165) is 5.56 Å². The molecule has 0 aromatic heterocycles. The van der Waals surface area contributed by atoms with E-state index < -0.39 is 0 Å². The summed E-state index contributed by atoms with van der Waals surface area (Å²) in [5.41, 5.74) is 2.26. The molecule has 0 spiro atoms. The van der Waals surface area contributed by atoms with Gasteiger partial charge in [0.2, 0.25) is 11.8 Å². The molecule has 5 heteroatoms. The Kier molecular flexibility index (Phi) is 5.74. The summed E-state index contributed by atoms with van der Waals surface area (Å²) in [6.07, 6.45) is 1.04. The lowest BCUT2D eigenvalue weighted by atomic mass is 10.1.